The van der Waals surface area contributed by atoms with Gasteiger partial charge in [-0.05, 0) is 17.7 Å². The molecule has 0 saturated heterocycles. The first-order valence-electron chi connectivity index (χ1n) is 7.32. The first kappa shape index (κ1) is 18.1. The van der Waals surface area contributed by atoms with Gasteiger partial charge in [0.25, 0.3) is 0 Å². The molecule has 2 N–H and O–H groups in total. The second kappa shape index (κ2) is 8.57. The molecule has 7 nitrogen and oxygen atoms in total. The van der Waals surface area contributed by atoms with E-state index in [-0.39, 0.29) is 24.0 Å². The van der Waals surface area contributed by atoms with Gasteiger partial charge < -0.3 is 15.2 Å². The normalized spacial score (nSPS) is 11.2. The highest BCUT2D eigenvalue weighted by atomic mass is 127. The number of pyridine rings is 1. The van der Waals surface area contributed by atoms with Crippen molar-refractivity contribution >= 4 is 40.8 Å². The van der Waals surface area contributed by atoms with Gasteiger partial charge in [-0.1, -0.05) is 23.4 Å². The number of nitrogens with one attached hydrogen (secondary N) is 2. The smallest absolute Gasteiger partial charge is 0.223 e. The largest absolute Gasteiger partial charge is 0.352 e. The van der Waals surface area contributed by atoms with E-state index in [0.717, 1.165) is 16.5 Å². The Morgan fingerprint density at radius 3 is 2.71 bits per heavy atom. The summed E-state index contributed by atoms with van der Waals surface area (Å²) in [5, 5.41) is 11.4. The summed E-state index contributed by atoms with van der Waals surface area (Å²) in [7, 11) is 1.72. The van der Waals surface area contributed by atoms with Crippen molar-refractivity contribution < 1.29 is 4.52 Å². The first-order valence-corrected chi connectivity index (χ1v) is 7.32. The number of aliphatic imine (C=N–C) groups is 1. The number of aryl methyl sites for hydroxylation is 1. The Labute approximate surface area is 157 Å². The Balaban J connectivity index is 0.00000208. The molecule has 24 heavy (non-hydrogen) atoms. The van der Waals surface area contributed by atoms with E-state index >= 15 is 0 Å². The van der Waals surface area contributed by atoms with E-state index in [1.807, 2.05) is 30.5 Å². The average Bonchev–Trinajstić information content (AvgIpc) is 3.00. The molecule has 3 aromatic rings. The van der Waals surface area contributed by atoms with Crippen molar-refractivity contribution in [3.05, 3.63) is 53.8 Å². The van der Waals surface area contributed by atoms with Crippen LogP contribution in [0, 0.1) is 6.92 Å². The molecule has 0 fully saturated rings. The molecule has 0 radical (unpaired) electrons. The molecule has 0 amide bonds. The maximum absolute atomic E-state index is 4.94. The summed E-state index contributed by atoms with van der Waals surface area (Å²) < 4.78 is 4.94. The molecule has 8 heteroatoms. The molecule has 0 saturated carbocycles. The second-order valence-electron chi connectivity index (χ2n) is 5.00. The molecule has 2 heterocycles. The van der Waals surface area contributed by atoms with Gasteiger partial charge in [0.2, 0.25) is 5.89 Å². The summed E-state index contributed by atoms with van der Waals surface area (Å²) in [5.74, 6) is 1.82. The standard InChI is InChI=1S/C16H18N6O.HI/c1-11-21-15(22-23-11)10-20-16(17-2)19-9-12-7-8-18-14-6-4-3-5-13(12)14;/h3-8H,9-10H2,1-2H3,(H2,17,19,20);1H. The second-order valence-corrected chi connectivity index (χ2v) is 5.00. The lowest BCUT2D eigenvalue weighted by Crippen LogP contribution is -2.36. The summed E-state index contributed by atoms with van der Waals surface area (Å²) in [4.78, 5) is 12.7. The van der Waals surface area contributed by atoms with E-state index in [4.69, 9.17) is 4.52 Å². The molecule has 2 aromatic heterocycles. The van der Waals surface area contributed by atoms with E-state index in [1.54, 1.807) is 14.0 Å². The lowest BCUT2D eigenvalue weighted by molar-refractivity contribution is 0.387. The number of hydrogen-bond acceptors (Lipinski definition) is 5. The third kappa shape index (κ3) is 4.40. The van der Waals surface area contributed by atoms with Crippen LogP contribution in [0.15, 0.2) is 46.0 Å². The molecule has 3 rings (SSSR count). The van der Waals surface area contributed by atoms with E-state index in [1.165, 1.54) is 0 Å². The minimum absolute atomic E-state index is 0. The highest BCUT2D eigenvalue weighted by Crippen LogP contribution is 2.15. The van der Waals surface area contributed by atoms with Crippen molar-refractivity contribution in [3.63, 3.8) is 0 Å². The van der Waals surface area contributed by atoms with Crippen LogP contribution >= 0.6 is 24.0 Å². The van der Waals surface area contributed by atoms with Gasteiger partial charge in [0.05, 0.1) is 12.1 Å². The van der Waals surface area contributed by atoms with Crippen molar-refractivity contribution in [2.45, 2.75) is 20.0 Å². The van der Waals surface area contributed by atoms with Crippen LogP contribution in [0.3, 0.4) is 0 Å². The Morgan fingerprint density at radius 1 is 1.17 bits per heavy atom. The Kier molecular flexibility index (Phi) is 6.47. The zero-order valence-corrected chi connectivity index (χ0v) is 15.8. The van der Waals surface area contributed by atoms with Gasteiger partial charge in [-0.25, -0.2) is 0 Å². The van der Waals surface area contributed by atoms with E-state index in [9.17, 15) is 0 Å². The molecule has 126 valence electrons. The van der Waals surface area contributed by atoms with Crippen molar-refractivity contribution in [2.75, 3.05) is 7.05 Å². The Bertz CT molecular complexity index is 827. The number of fused-ring (bicyclic) bond motifs is 1. The SMILES string of the molecule is CN=C(NCc1noc(C)n1)NCc1ccnc2ccccc12.I. The zero-order valence-electron chi connectivity index (χ0n) is 13.5. The quantitative estimate of drug-likeness (QED) is 0.370. The molecule has 0 aliphatic carbocycles. The van der Waals surface area contributed by atoms with Gasteiger partial charge in [-0.3, -0.25) is 9.98 Å². The summed E-state index contributed by atoms with van der Waals surface area (Å²) >= 11 is 0. The molecule has 0 bridgehead atoms. The summed E-state index contributed by atoms with van der Waals surface area (Å²) in [5.41, 5.74) is 2.14. The third-order valence-corrected chi connectivity index (χ3v) is 3.39. The number of nitrogens with zero attached hydrogens (tertiary/aromatic N) is 4. The minimum atomic E-state index is 0. The molecule has 0 atom stereocenters. The zero-order chi connectivity index (χ0) is 16.1. The number of rotatable bonds is 4. The molecule has 0 spiro atoms. The number of hydrogen-bond donors (Lipinski definition) is 2. The number of benzene rings is 1. The van der Waals surface area contributed by atoms with Crippen LogP contribution in [0.1, 0.15) is 17.3 Å². The Hall–Kier alpha value is -2.23. The fourth-order valence-electron chi connectivity index (χ4n) is 2.28. The number of para-hydroxylation sites is 1. The molecule has 1 aromatic carbocycles. The number of guanidine groups is 1. The summed E-state index contributed by atoms with van der Waals surface area (Å²) in [6.07, 6.45) is 1.82. The van der Waals surface area contributed by atoms with Crippen LogP contribution in [0.2, 0.25) is 0 Å². The predicted molar refractivity (Wildman–Crippen MR) is 103 cm³/mol. The molecule has 0 aliphatic heterocycles. The lowest BCUT2D eigenvalue weighted by Gasteiger charge is -2.12. The fraction of sp³-hybridized carbons (Fsp3) is 0.250. The lowest BCUT2D eigenvalue weighted by atomic mass is 10.1. The number of halogens is 1. The van der Waals surface area contributed by atoms with Gasteiger partial charge in [0, 0.05) is 32.1 Å². The first-order chi connectivity index (χ1) is 11.3. The maximum atomic E-state index is 4.94. The van der Waals surface area contributed by atoms with Crippen molar-refractivity contribution in [1.82, 2.24) is 25.8 Å². The average molecular weight is 438 g/mol. The van der Waals surface area contributed by atoms with Gasteiger partial charge in [-0.15, -0.1) is 24.0 Å². The molecule has 0 aliphatic rings. The Morgan fingerprint density at radius 2 is 1.96 bits per heavy atom. The van der Waals surface area contributed by atoms with Gasteiger partial charge >= 0.3 is 0 Å². The maximum Gasteiger partial charge on any atom is 0.223 e. The van der Waals surface area contributed by atoms with E-state index in [0.29, 0.717) is 30.8 Å². The van der Waals surface area contributed by atoms with Crippen LogP contribution < -0.4 is 10.6 Å². The van der Waals surface area contributed by atoms with Crippen LogP contribution in [-0.2, 0) is 13.1 Å². The van der Waals surface area contributed by atoms with Crippen LogP contribution in [-0.4, -0.2) is 28.1 Å². The van der Waals surface area contributed by atoms with Crippen LogP contribution in [0.25, 0.3) is 10.9 Å². The monoisotopic (exact) mass is 438 g/mol. The highest BCUT2D eigenvalue weighted by Gasteiger charge is 2.05. The topological polar surface area (TPSA) is 88.2 Å². The predicted octanol–water partition coefficient (Wildman–Crippen LogP) is 2.41. The van der Waals surface area contributed by atoms with Crippen LogP contribution in [0.4, 0.5) is 0 Å². The van der Waals surface area contributed by atoms with Gasteiger partial charge in [-0.2, -0.15) is 4.98 Å². The number of aromatic nitrogens is 3. The van der Waals surface area contributed by atoms with Gasteiger partial charge in [0.1, 0.15) is 0 Å². The van der Waals surface area contributed by atoms with Crippen molar-refractivity contribution in [3.8, 4) is 0 Å². The molecular weight excluding hydrogens is 419 g/mol. The summed E-state index contributed by atoms with van der Waals surface area (Å²) in [6.45, 7) is 2.86. The third-order valence-electron chi connectivity index (χ3n) is 3.39. The highest BCUT2D eigenvalue weighted by molar-refractivity contribution is 14.0. The van der Waals surface area contributed by atoms with E-state index in [2.05, 4.69) is 36.8 Å². The van der Waals surface area contributed by atoms with E-state index < -0.39 is 0 Å². The molecular formula is C16H19IN6O. The minimum Gasteiger partial charge on any atom is -0.352 e. The van der Waals surface area contributed by atoms with Gasteiger partial charge in [0.15, 0.2) is 11.8 Å². The van der Waals surface area contributed by atoms with Crippen LogP contribution in [0.5, 0.6) is 0 Å². The molecule has 0 unspecified atom stereocenters. The summed E-state index contributed by atoms with van der Waals surface area (Å²) in [6, 6.07) is 10.1. The van der Waals surface area contributed by atoms with Crippen molar-refractivity contribution in [2.24, 2.45) is 4.99 Å². The van der Waals surface area contributed by atoms with Crippen molar-refractivity contribution in [1.29, 1.82) is 0 Å². The fourth-order valence-corrected chi connectivity index (χ4v) is 2.28.